The molecule has 2 fully saturated rings. The Morgan fingerprint density at radius 1 is 1.21 bits per heavy atom. The van der Waals surface area contributed by atoms with Gasteiger partial charge in [0.25, 0.3) is 0 Å². The normalized spacial score (nSPS) is 22.5. The highest BCUT2D eigenvalue weighted by Gasteiger charge is 2.53. The Morgan fingerprint density at radius 3 is 2.66 bits per heavy atom. The minimum atomic E-state index is -3.42. The van der Waals surface area contributed by atoms with E-state index in [9.17, 15) is 8.42 Å². The predicted octanol–water partition coefficient (Wildman–Crippen LogP) is 2.69. The molecule has 0 aliphatic carbocycles. The van der Waals surface area contributed by atoms with Crippen molar-refractivity contribution in [3.63, 3.8) is 0 Å². The number of likely N-dealkylation sites (N-methyl/N-ethyl adjacent to an activating group) is 1. The van der Waals surface area contributed by atoms with Crippen molar-refractivity contribution < 1.29 is 13.2 Å². The van der Waals surface area contributed by atoms with Gasteiger partial charge in [-0.15, -0.1) is 0 Å². The van der Waals surface area contributed by atoms with E-state index in [1.54, 1.807) is 22.6 Å². The number of aryl methyl sites for hydroxylation is 1. The Labute approximate surface area is 173 Å². The van der Waals surface area contributed by atoms with Crippen LogP contribution in [0, 0.1) is 12.8 Å². The second-order valence-corrected chi connectivity index (χ2v) is 10.4. The zero-order valence-electron chi connectivity index (χ0n) is 17.1. The molecule has 1 aromatic carbocycles. The lowest BCUT2D eigenvalue weighted by atomic mass is 9.77. The summed E-state index contributed by atoms with van der Waals surface area (Å²) in [5.74, 6) is 0.451. The molecule has 1 aromatic heterocycles. The van der Waals surface area contributed by atoms with Gasteiger partial charge in [0.2, 0.25) is 10.0 Å². The average Bonchev–Trinajstić information content (AvgIpc) is 2.68. The Hall–Kier alpha value is -1.80. The molecule has 7 heteroatoms. The van der Waals surface area contributed by atoms with Crippen LogP contribution in [0.25, 0.3) is 0 Å². The first-order chi connectivity index (χ1) is 13.9. The minimum absolute atomic E-state index is 0.0711. The van der Waals surface area contributed by atoms with Crippen molar-refractivity contribution in [2.45, 2.75) is 36.8 Å². The molecule has 156 valence electrons. The molecule has 0 saturated carbocycles. The van der Waals surface area contributed by atoms with Gasteiger partial charge in [-0.3, -0.25) is 9.88 Å². The first-order valence-electron chi connectivity index (χ1n) is 10.1. The highest BCUT2D eigenvalue weighted by Crippen LogP contribution is 2.40. The molecule has 2 aliphatic rings. The maximum atomic E-state index is 12.9. The van der Waals surface area contributed by atoms with Gasteiger partial charge in [0.05, 0.1) is 11.5 Å². The number of hydrogen-bond donors (Lipinski definition) is 0. The van der Waals surface area contributed by atoms with Crippen molar-refractivity contribution in [2.75, 3.05) is 33.3 Å². The summed E-state index contributed by atoms with van der Waals surface area (Å²) in [6.07, 6.45) is 5.64. The van der Waals surface area contributed by atoms with Crippen LogP contribution in [0.5, 0.6) is 0 Å². The molecule has 0 radical (unpaired) electrons. The summed E-state index contributed by atoms with van der Waals surface area (Å²) < 4.78 is 33.4. The zero-order valence-corrected chi connectivity index (χ0v) is 17.9. The smallest absolute Gasteiger partial charge is 0.243 e. The minimum Gasteiger partial charge on any atom is -0.376 e. The molecule has 29 heavy (non-hydrogen) atoms. The van der Waals surface area contributed by atoms with E-state index in [0.717, 1.165) is 30.5 Å². The quantitative estimate of drug-likeness (QED) is 0.726. The van der Waals surface area contributed by atoms with Gasteiger partial charge in [-0.1, -0.05) is 23.8 Å². The zero-order chi connectivity index (χ0) is 20.5. The molecular weight excluding hydrogens is 386 g/mol. The SMILES string of the molecule is Cc1ccc(S(=O)(=O)N2CC3(C[C@H](COCc4cccnc4)CCN3C)C2)cc1. The Kier molecular flexibility index (Phi) is 5.75. The number of hydrogen-bond acceptors (Lipinski definition) is 5. The van der Waals surface area contributed by atoms with Crippen molar-refractivity contribution in [1.82, 2.24) is 14.2 Å². The third-order valence-electron chi connectivity index (χ3n) is 6.30. The van der Waals surface area contributed by atoms with Crippen molar-refractivity contribution in [2.24, 2.45) is 5.92 Å². The van der Waals surface area contributed by atoms with Gasteiger partial charge < -0.3 is 4.74 Å². The van der Waals surface area contributed by atoms with E-state index in [4.69, 9.17) is 4.74 Å². The second kappa shape index (κ2) is 8.14. The summed E-state index contributed by atoms with van der Waals surface area (Å²) >= 11 is 0. The van der Waals surface area contributed by atoms with Crippen molar-refractivity contribution in [3.05, 3.63) is 59.9 Å². The Balaban J connectivity index is 1.35. The average molecular weight is 416 g/mol. The maximum absolute atomic E-state index is 12.9. The molecule has 4 rings (SSSR count). The fourth-order valence-corrected chi connectivity index (χ4v) is 5.99. The molecule has 0 amide bonds. The van der Waals surface area contributed by atoms with Gasteiger partial charge >= 0.3 is 0 Å². The topological polar surface area (TPSA) is 62.7 Å². The number of nitrogens with zero attached hydrogens (tertiary/aromatic N) is 3. The third-order valence-corrected chi connectivity index (χ3v) is 8.10. The van der Waals surface area contributed by atoms with Crippen LogP contribution in [0.15, 0.2) is 53.7 Å². The molecule has 6 nitrogen and oxygen atoms in total. The van der Waals surface area contributed by atoms with Gasteiger partial charge in [0.15, 0.2) is 0 Å². The molecule has 3 heterocycles. The summed E-state index contributed by atoms with van der Waals surface area (Å²) in [4.78, 5) is 6.84. The van der Waals surface area contributed by atoms with E-state index in [2.05, 4.69) is 16.9 Å². The lowest BCUT2D eigenvalue weighted by Gasteiger charge is -2.57. The molecule has 0 unspecified atom stereocenters. The Morgan fingerprint density at radius 2 is 1.97 bits per heavy atom. The number of pyridine rings is 1. The summed E-state index contributed by atoms with van der Waals surface area (Å²) in [6, 6.07) is 11.0. The number of likely N-dealkylation sites (tertiary alicyclic amines) is 1. The fourth-order valence-electron chi connectivity index (χ4n) is 4.39. The fraction of sp³-hybridized carbons (Fsp3) is 0.500. The van der Waals surface area contributed by atoms with Gasteiger partial charge in [-0.05, 0) is 63.0 Å². The highest BCUT2D eigenvalue weighted by molar-refractivity contribution is 7.89. The molecule has 2 aromatic rings. The molecule has 2 saturated heterocycles. The molecule has 0 N–H and O–H groups in total. The van der Waals surface area contributed by atoms with Crippen LogP contribution in [0.4, 0.5) is 0 Å². The molecule has 1 atom stereocenters. The standard InChI is InChI=1S/C22H29N3O3S/c1-18-5-7-21(8-6-18)29(26,27)25-16-22(17-25)12-19(9-11-24(22)2)14-28-15-20-4-3-10-23-13-20/h3-8,10,13,19H,9,11-12,14-17H2,1-2H3/t19-/m1/s1. The van der Waals surface area contributed by atoms with Gasteiger partial charge in [0.1, 0.15) is 0 Å². The van der Waals surface area contributed by atoms with Crippen LogP contribution in [0.3, 0.4) is 0 Å². The number of sulfonamides is 1. The van der Waals surface area contributed by atoms with Crippen LogP contribution >= 0.6 is 0 Å². The highest BCUT2D eigenvalue weighted by atomic mass is 32.2. The maximum Gasteiger partial charge on any atom is 0.243 e. The Bertz CT molecular complexity index is 926. The van der Waals surface area contributed by atoms with Crippen molar-refractivity contribution in [3.8, 4) is 0 Å². The number of rotatable bonds is 6. The molecule has 2 aliphatic heterocycles. The van der Waals surface area contributed by atoms with Gasteiger partial charge in [-0.2, -0.15) is 4.31 Å². The van der Waals surface area contributed by atoms with Crippen LogP contribution in [0.1, 0.15) is 24.0 Å². The lowest BCUT2D eigenvalue weighted by molar-refractivity contribution is -0.0600. The summed E-state index contributed by atoms with van der Waals surface area (Å²) in [6.45, 7) is 5.32. The molecule has 0 bridgehead atoms. The molecular formula is C22H29N3O3S. The van der Waals surface area contributed by atoms with E-state index >= 15 is 0 Å². The van der Waals surface area contributed by atoms with Crippen LogP contribution < -0.4 is 0 Å². The third kappa shape index (κ3) is 4.23. The monoisotopic (exact) mass is 415 g/mol. The van der Waals surface area contributed by atoms with Crippen LogP contribution in [-0.4, -0.2) is 61.4 Å². The lowest BCUT2D eigenvalue weighted by Crippen LogP contribution is -2.72. The second-order valence-electron chi connectivity index (χ2n) is 8.47. The van der Waals surface area contributed by atoms with Crippen LogP contribution in [-0.2, 0) is 21.4 Å². The van der Waals surface area contributed by atoms with E-state index in [1.807, 2.05) is 37.4 Å². The number of ether oxygens (including phenoxy) is 1. The van der Waals surface area contributed by atoms with E-state index in [0.29, 0.717) is 37.1 Å². The largest absolute Gasteiger partial charge is 0.376 e. The van der Waals surface area contributed by atoms with E-state index < -0.39 is 10.0 Å². The number of aromatic nitrogens is 1. The number of piperidine rings is 1. The van der Waals surface area contributed by atoms with Crippen LogP contribution in [0.2, 0.25) is 0 Å². The summed E-state index contributed by atoms with van der Waals surface area (Å²) in [5, 5.41) is 0. The summed E-state index contributed by atoms with van der Waals surface area (Å²) in [5.41, 5.74) is 2.07. The summed E-state index contributed by atoms with van der Waals surface area (Å²) in [7, 11) is -1.31. The first kappa shape index (κ1) is 20.5. The molecule has 1 spiro atoms. The van der Waals surface area contributed by atoms with Crippen molar-refractivity contribution >= 4 is 10.0 Å². The number of benzene rings is 1. The van der Waals surface area contributed by atoms with E-state index in [-0.39, 0.29) is 5.54 Å². The predicted molar refractivity (Wildman–Crippen MR) is 112 cm³/mol. The first-order valence-corrected chi connectivity index (χ1v) is 11.6. The van der Waals surface area contributed by atoms with E-state index in [1.165, 1.54) is 0 Å². The van der Waals surface area contributed by atoms with Gasteiger partial charge in [0, 0.05) is 37.6 Å². The van der Waals surface area contributed by atoms with Gasteiger partial charge in [-0.25, -0.2) is 8.42 Å². The van der Waals surface area contributed by atoms with Crippen molar-refractivity contribution in [1.29, 1.82) is 0 Å².